The normalized spacial score (nSPS) is 12.7. The van der Waals surface area contributed by atoms with E-state index in [1.165, 1.54) is 24.8 Å². The summed E-state index contributed by atoms with van der Waals surface area (Å²) in [5.74, 6) is 0. The number of rotatable bonds is 9. The lowest BCUT2D eigenvalue weighted by molar-refractivity contribution is 0.488. The third kappa shape index (κ3) is 4.34. The van der Waals surface area contributed by atoms with Gasteiger partial charge in [0.25, 0.3) is 0 Å². The van der Waals surface area contributed by atoms with Crippen molar-refractivity contribution in [1.29, 1.82) is 0 Å². The monoisotopic (exact) mass is 275 g/mol. The highest BCUT2D eigenvalue weighted by Crippen LogP contribution is 2.29. The van der Waals surface area contributed by atoms with Crippen LogP contribution in [-0.2, 0) is 19.3 Å². The Morgan fingerprint density at radius 1 is 0.900 bits per heavy atom. The summed E-state index contributed by atoms with van der Waals surface area (Å²) in [6.45, 7) is 12.4. The van der Waals surface area contributed by atoms with Crippen molar-refractivity contribution in [2.45, 2.75) is 79.2 Å². The van der Waals surface area contributed by atoms with Gasteiger partial charge in [0.15, 0.2) is 0 Å². The molecule has 0 spiro atoms. The highest BCUT2D eigenvalue weighted by atomic mass is 14.9. The third-order valence-electron chi connectivity index (χ3n) is 4.23. The smallest absolute Gasteiger partial charge is 0.0325 e. The SMILES string of the molecule is CCCCC(NCC)c1c(CC)cc(CC)cc1CC. The van der Waals surface area contributed by atoms with E-state index in [0.717, 1.165) is 25.8 Å². The lowest BCUT2D eigenvalue weighted by atomic mass is 9.87. The second kappa shape index (κ2) is 9.18. The average molecular weight is 275 g/mol. The van der Waals surface area contributed by atoms with Crippen molar-refractivity contribution in [2.75, 3.05) is 6.54 Å². The maximum atomic E-state index is 3.72. The van der Waals surface area contributed by atoms with Crippen molar-refractivity contribution < 1.29 is 0 Å². The second-order valence-corrected chi connectivity index (χ2v) is 5.64. The zero-order valence-corrected chi connectivity index (χ0v) is 14.2. The Morgan fingerprint density at radius 3 is 1.90 bits per heavy atom. The highest BCUT2D eigenvalue weighted by Gasteiger charge is 2.17. The maximum absolute atomic E-state index is 3.72. The molecule has 1 nitrogen and oxygen atoms in total. The van der Waals surface area contributed by atoms with E-state index in [9.17, 15) is 0 Å². The van der Waals surface area contributed by atoms with E-state index in [2.05, 4.69) is 52.1 Å². The van der Waals surface area contributed by atoms with Crippen LogP contribution in [0.2, 0.25) is 0 Å². The fraction of sp³-hybridized carbons (Fsp3) is 0.684. The molecule has 0 radical (unpaired) electrons. The average Bonchev–Trinajstić information content (AvgIpc) is 2.50. The van der Waals surface area contributed by atoms with Crippen LogP contribution in [0, 0.1) is 0 Å². The van der Waals surface area contributed by atoms with Gasteiger partial charge in [-0.1, -0.05) is 59.6 Å². The van der Waals surface area contributed by atoms with Gasteiger partial charge in [0.05, 0.1) is 0 Å². The van der Waals surface area contributed by atoms with Gasteiger partial charge >= 0.3 is 0 Å². The zero-order chi connectivity index (χ0) is 15.0. The lowest BCUT2D eigenvalue weighted by Crippen LogP contribution is -2.23. The molecule has 1 aromatic rings. The van der Waals surface area contributed by atoms with E-state index < -0.39 is 0 Å². The summed E-state index contributed by atoms with van der Waals surface area (Å²) in [7, 11) is 0. The number of hydrogen-bond acceptors (Lipinski definition) is 1. The Balaban J connectivity index is 3.21. The van der Waals surface area contributed by atoms with E-state index >= 15 is 0 Å². The third-order valence-corrected chi connectivity index (χ3v) is 4.23. The van der Waals surface area contributed by atoms with Gasteiger partial charge in [0.1, 0.15) is 0 Å². The van der Waals surface area contributed by atoms with Crippen LogP contribution in [0.4, 0.5) is 0 Å². The van der Waals surface area contributed by atoms with Crippen LogP contribution in [-0.4, -0.2) is 6.54 Å². The molecule has 1 N–H and O–H groups in total. The molecule has 0 saturated carbocycles. The van der Waals surface area contributed by atoms with Crippen LogP contribution < -0.4 is 5.32 Å². The van der Waals surface area contributed by atoms with E-state index in [1.54, 1.807) is 16.7 Å². The summed E-state index contributed by atoms with van der Waals surface area (Å²) in [6.07, 6.45) is 7.27. The number of nitrogens with one attached hydrogen (secondary N) is 1. The molecular formula is C19H33N. The van der Waals surface area contributed by atoms with Crippen LogP contribution in [0.3, 0.4) is 0 Å². The van der Waals surface area contributed by atoms with E-state index in [4.69, 9.17) is 0 Å². The van der Waals surface area contributed by atoms with Crippen LogP contribution in [0.5, 0.6) is 0 Å². The highest BCUT2D eigenvalue weighted by molar-refractivity contribution is 5.42. The topological polar surface area (TPSA) is 12.0 Å². The molecule has 0 aliphatic heterocycles. The summed E-state index contributed by atoms with van der Waals surface area (Å²) in [6, 6.07) is 5.41. The largest absolute Gasteiger partial charge is 0.310 e. The molecule has 0 aromatic heterocycles. The molecule has 0 bridgehead atoms. The number of benzene rings is 1. The fourth-order valence-electron chi connectivity index (χ4n) is 3.09. The molecule has 0 aliphatic carbocycles. The number of unbranched alkanes of at least 4 members (excludes halogenated alkanes) is 1. The molecule has 0 saturated heterocycles. The minimum Gasteiger partial charge on any atom is -0.310 e. The molecule has 0 aliphatic rings. The Bertz CT molecular complexity index is 370. The predicted octanol–water partition coefficient (Wildman–Crippen LogP) is 5.21. The Kier molecular flexibility index (Phi) is 7.91. The first-order valence-corrected chi connectivity index (χ1v) is 8.59. The van der Waals surface area contributed by atoms with Gasteiger partial charge in [0.2, 0.25) is 0 Å². The Hall–Kier alpha value is -0.820. The van der Waals surface area contributed by atoms with Crippen molar-refractivity contribution in [1.82, 2.24) is 5.32 Å². The number of aryl methyl sites for hydroxylation is 3. The molecule has 0 fully saturated rings. The van der Waals surface area contributed by atoms with Crippen LogP contribution in [0.1, 0.15) is 82.2 Å². The van der Waals surface area contributed by atoms with Gasteiger partial charge in [0, 0.05) is 6.04 Å². The molecule has 1 aromatic carbocycles. The van der Waals surface area contributed by atoms with Crippen LogP contribution in [0.15, 0.2) is 12.1 Å². The zero-order valence-electron chi connectivity index (χ0n) is 14.2. The van der Waals surface area contributed by atoms with Gasteiger partial charge in [-0.2, -0.15) is 0 Å². The molecule has 20 heavy (non-hydrogen) atoms. The van der Waals surface area contributed by atoms with Crippen molar-refractivity contribution in [3.05, 3.63) is 34.4 Å². The molecule has 1 atom stereocenters. The molecule has 1 unspecified atom stereocenters. The van der Waals surface area contributed by atoms with Crippen molar-refractivity contribution in [3.63, 3.8) is 0 Å². The summed E-state index contributed by atoms with van der Waals surface area (Å²) in [5, 5.41) is 3.72. The first kappa shape index (κ1) is 17.2. The van der Waals surface area contributed by atoms with Crippen molar-refractivity contribution in [2.24, 2.45) is 0 Å². The molecule has 114 valence electrons. The van der Waals surface area contributed by atoms with Gasteiger partial charge in [-0.25, -0.2) is 0 Å². The maximum Gasteiger partial charge on any atom is 0.0325 e. The minimum atomic E-state index is 0.538. The molecule has 1 heteroatoms. The van der Waals surface area contributed by atoms with Crippen LogP contribution >= 0.6 is 0 Å². The standard InChI is InChI=1S/C19H33N/c1-6-11-12-18(20-10-5)19-16(8-3)13-15(7-2)14-17(19)9-4/h13-14,18,20H,6-12H2,1-5H3. The van der Waals surface area contributed by atoms with E-state index in [1.807, 2.05) is 0 Å². The number of hydrogen-bond donors (Lipinski definition) is 1. The van der Waals surface area contributed by atoms with E-state index in [-0.39, 0.29) is 0 Å². The van der Waals surface area contributed by atoms with E-state index in [0.29, 0.717) is 6.04 Å². The van der Waals surface area contributed by atoms with Gasteiger partial charge in [-0.3, -0.25) is 0 Å². The Labute approximate surface area is 126 Å². The lowest BCUT2D eigenvalue weighted by Gasteiger charge is -2.25. The second-order valence-electron chi connectivity index (χ2n) is 5.64. The molecule has 1 rings (SSSR count). The minimum absolute atomic E-state index is 0.538. The Morgan fingerprint density at radius 2 is 1.50 bits per heavy atom. The summed E-state index contributed by atoms with van der Waals surface area (Å²) >= 11 is 0. The molecular weight excluding hydrogens is 242 g/mol. The van der Waals surface area contributed by atoms with Crippen molar-refractivity contribution in [3.8, 4) is 0 Å². The quantitative estimate of drug-likeness (QED) is 0.652. The van der Waals surface area contributed by atoms with Crippen molar-refractivity contribution >= 4 is 0 Å². The summed E-state index contributed by atoms with van der Waals surface area (Å²) in [5.41, 5.74) is 6.21. The fourth-order valence-corrected chi connectivity index (χ4v) is 3.09. The first-order chi connectivity index (χ1) is 9.71. The van der Waals surface area contributed by atoms with Gasteiger partial charge in [-0.05, 0) is 54.5 Å². The summed E-state index contributed by atoms with van der Waals surface area (Å²) in [4.78, 5) is 0. The van der Waals surface area contributed by atoms with Crippen LogP contribution in [0.25, 0.3) is 0 Å². The van der Waals surface area contributed by atoms with Gasteiger partial charge in [-0.15, -0.1) is 0 Å². The van der Waals surface area contributed by atoms with Gasteiger partial charge < -0.3 is 5.32 Å². The molecule has 0 amide bonds. The first-order valence-electron chi connectivity index (χ1n) is 8.59. The molecule has 0 heterocycles. The predicted molar refractivity (Wildman–Crippen MR) is 90.5 cm³/mol. The summed E-state index contributed by atoms with van der Waals surface area (Å²) < 4.78 is 0.